The van der Waals surface area contributed by atoms with Crippen LogP contribution in [0.25, 0.3) is 0 Å². The molecule has 5 nitrogen and oxygen atoms in total. The Hall–Kier alpha value is -1.62. The maximum Gasteiger partial charge on any atom is 0.256 e. The Labute approximate surface area is 114 Å². The van der Waals surface area contributed by atoms with Gasteiger partial charge in [-0.25, -0.2) is 4.98 Å². The fourth-order valence-corrected chi connectivity index (χ4v) is 1.82. The van der Waals surface area contributed by atoms with Crippen molar-refractivity contribution in [1.29, 1.82) is 0 Å². The zero-order valence-electron chi connectivity index (χ0n) is 12.2. The minimum absolute atomic E-state index is 0.160. The van der Waals surface area contributed by atoms with Crippen LogP contribution in [0.15, 0.2) is 12.1 Å². The molecule has 0 bridgehead atoms. The molecular weight excluding hydrogens is 244 g/mol. The van der Waals surface area contributed by atoms with Crippen molar-refractivity contribution in [3.8, 4) is 5.88 Å². The highest BCUT2D eigenvalue weighted by molar-refractivity contribution is 5.97. The van der Waals surface area contributed by atoms with Crippen LogP contribution in [0.5, 0.6) is 5.88 Å². The molecule has 0 aliphatic heterocycles. The first-order chi connectivity index (χ1) is 8.96. The van der Waals surface area contributed by atoms with Gasteiger partial charge < -0.3 is 14.8 Å². The quantitative estimate of drug-likeness (QED) is 0.859. The van der Waals surface area contributed by atoms with E-state index in [4.69, 9.17) is 9.47 Å². The van der Waals surface area contributed by atoms with E-state index >= 15 is 0 Å². The largest absolute Gasteiger partial charge is 0.481 e. The van der Waals surface area contributed by atoms with Crippen molar-refractivity contribution in [2.24, 2.45) is 0 Å². The molecule has 0 aromatic carbocycles. The van der Waals surface area contributed by atoms with Crippen molar-refractivity contribution in [3.05, 3.63) is 17.8 Å². The number of carbonyl (C=O) groups is 1. The lowest BCUT2D eigenvalue weighted by Gasteiger charge is -2.26. The second-order valence-corrected chi connectivity index (χ2v) is 4.63. The molecule has 19 heavy (non-hydrogen) atoms. The number of amides is 1. The Balaban J connectivity index is 2.87. The molecule has 0 saturated heterocycles. The molecule has 5 heteroatoms. The van der Waals surface area contributed by atoms with Gasteiger partial charge in [-0.05, 0) is 26.3 Å². The van der Waals surface area contributed by atoms with Crippen LogP contribution in [0.1, 0.15) is 32.4 Å². The molecule has 106 valence electrons. The Morgan fingerprint density at radius 2 is 2.11 bits per heavy atom. The van der Waals surface area contributed by atoms with E-state index in [-0.39, 0.29) is 5.91 Å². The highest BCUT2D eigenvalue weighted by atomic mass is 16.5. The van der Waals surface area contributed by atoms with Gasteiger partial charge in [0.15, 0.2) is 0 Å². The van der Waals surface area contributed by atoms with E-state index < -0.39 is 5.60 Å². The number of nitrogens with zero attached hydrogens (tertiary/aromatic N) is 1. The van der Waals surface area contributed by atoms with Crippen molar-refractivity contribution in [1.82, 2.24) is 4.98 Å². The number of ether oxygens (including phenoxy) is 2. The predicted octanol–water partition coefficient (Wildman–Crippen LogP) is 2.54. The summed E-state index contributed by atoms with van der Waals surface area (Å²) in [4.78, 5) is 16.5. The maximum absolute atomic E-state index is 12.3. The third kappa shape index (κ3) is 3.67. The average molecular weight is 266 g/mol. The molecule has 1 rings (SSSR count). The average Bonchev–Trinajstić information content (AvgIpc) is 2.40. The lowest BCUT2D eigenvalue weighted by Crippen LogP contribution is -2.42. The van der Waals surface area contributed by atoms with Gasteiger partial charge in [0.1, 0.15) is 5.60 Å². The van der Waals surface area contributed by atoms with Crippen LogP contribution in [0.2, 0.25) is 0 Å². The number of hydrogen-bond donors (Lipinski definition) is 1. The Morgan fingerprint density at radius 3 is 2.58 bits per heavy atom. The molecule has 0 radical (unpaired) electrons. The number of aromatic nitrogens is 1. The van der Waals surface area contributed by atoms with Gasteiger partial charge in [-0.3, -0.25) is 4.79 Å². The van der Waals surface area contributed by atoms with Crippen molar-refractivity contribution < 1.29 is 14.3 Å². The fraction of sp³-hybridized carbons (Fsp3) is 0.571. The Bertz CT molecular complexity index is 448. The molecule has 1 N–H and O–H groups in total. The van der Waals surface area contributed by atoms with Crippen molar-refractivity contribution in [3.63, 3.8) is 0 Å². The molecule has 1 atom stereocenters. The number of aryl methyl sites for hydroxylation is 1. The molecular formula is C14H22N2O3. The highest BCUT2D eigenvalue weighted by Crippen LogP contribution is 2.22. The van der Waals surface area contributed by atoms with Crippen LogP contribution in [-0.2, 0) is 9.53 Å². The molecule has 1 heterocycles. The molecule has 0 unspecified atom stereocenters. The van der Waals surface area contributed by atoms with E-state index in [2.05, 4.69) is 10.3 Å². The molecule has 0 saturated carbocycles. The van der Waals surface area contributed by atoms with Gasteiger partial charge in [0.25, 0.3) is 5.91 Å². The van der Waals surface area contributed by atoms with Crippen LogP contribution < -0.4 is 10.1 Å². The first-order valence-corrected chi connectivity index (χ1v) is 6.35. The van der Waals surface area contributed by atoms with Gasteiger partial charge in [-0.15, -0.1) is 0 Å². The van der Waals surface area contributed by atoms with E-state index in [1.54, 1.807) is 33.3 Å². The summed E-state index contributed by atoms with van der Waals surface area (Å²) in [6, 6.07) is 3.49. The van der Waals surface area contributed by atoms with Gasteiger partial charge in [-0.2, -0.15) is 0 Å². The van der Waals surface area contributed by atoms with Crippen LogP contribution in [0, 0.1) is 6.92 Å². The third-order valence-electron chi connectivity index (χ3n) is 3.18. The Kier molecular flexibility index (Phi) is 5.30. The number of hydrogen-bond acceptors (Lipinski definition) is 4. The summed E-state index contributed by atoms with van der Waals surface area (Å²) in [6.45, 7) is 5.63. The molecule has 0 fully saturated rings. The smallest absolute Gasteiger partial charge is 0.256 e. The summed E-state index contributed by atoms with van der Waals surface area (Å²) in [7, 11) is 3.11. The monoisotopic (exact) mass is 266 g/mol. The van der Waals surface area contributed by atoms with Crippen LogP contribution in [0.4, 0.5) is 5.69 Å². The van der Waals surface area contributed by atoms with Crippen LogP contribution in [-0.4, -0.2) is 30.7 Å². The minimum atomic E-state index is -0.818. The Morgan fingerprint density at radius 1 is 1.42 bits per heavy atom. The first kappa shape index (κ1) is 15.4. The van der Waals surface area contributed by atoms with E-state index in [0.717, 1.165) is 6.42 Å². The second kappa shape index (κ2) is 6.52. The van der Waals surface area contributed by atoms with Crippen molar-refractivity contribution in [2.45, 2.75) is 39.2 Å². The summed E-state index contributed by atoms with van der Waals surface area (Å²) >= 11 is 0. The predicted molar refractivity (Wildman–Crippen MR) is 74.5 cm³/mol. The zero-order valence-corrected chi connectivity index (χ0v) is 12.2. The number of anilines is 1. The topological polar surface area (TPSA) is 60.5 Å². The zero-order chi connectivity index (χ0) is 14.5. The summed E-state index contributed by atoms with van der Waals surface area (Å²) < 4.78 is 10.4. The van der Waals surface area contributed by atoms with E-state index in [9.17, 15) is 4.79 Å². The van der Waals surface area contributed by atoms with E-state index in [1.807, 2.05) is 13.8 Å². The molecule has 0 aliphatic rings. The van der Waals surface area contributed by atoms with Crippen LogP contribution >= 0.6 is 0 Å². The normalized spacial score (nSPS) is 13.7. The standard InChI is InChI=1S/C14H22N2O3/c1-6-9-14(3,19-5)13(17)16-11-7-8-12(18-4)15-10(11)2/h7-8H,6,9H2,1-5H3,(H,16,17)/t14-/m1/s1. The number of nitrogens with one attached hydrogen (secondary N) is 1. The fourth-order valence-electron chi connectivity index (χ4n) is 1.82. The molecule has 1 aromatic heterocycles. The van der Waals surface area contributed by atoms with E-state index in [1.165, 1.54) is 0 Å². The van der Waals surface area contributed by atoms with Gasteiger partial charge in [0, 0.05) is 13.2 Å². The van der Waals surface area contributed by atoms with Gasteiger partial charge in [-0.1, -0.05) is 13.3 Å². The molecule has 0 aliphatic carbocycles. The van der Waals surface area contributed by atoms with Crippen molar-refractivity contribution >= 4 is 11.6 Å². The van der Waals surface area contributed by atoms with Gasteiger partial charge >= 0.3 is 0 Å². The summed E-state index contributed by atoms with van der Waals surface area (Å²) in [5.41, 5.74) is 0.564. The van der Waals surface area contributed by atoms with Gasteiger partial charge in [0.05, 0.1) is 18.5 Å². The maximum atomic E-state index is 12.3. The molecule has 1 amide bonds. The minimum Gasteiger partial charge on any atom is -0.481 e. The second-order valence-electron chi connectivity index (χ2n) is 4.63. The number of rotatable bonds is 6. The number of methoxy groups -OCH3 is 2. The third-order valence-corrected chi connectivity index (χ3v) is 3.18. The SMILES string of the molecule is CCC[C@@](C)(OC)C(=O)Nc1ccc(OC)nc1C. The summed E-state index contributed by atoms with van der Waals surface area (Å²) in [5.74, 6) is 0.366. The summed E-state index contributed by atoms with van der Waals surface area (Å²) in [6.07, 6.45) is 1.54. The van der Waals surface area contributed by atoms with Crippen molar-refractivity contribution in [2.75, 3.05) is 19.5 Å². The lowest BCUT2D eigenvalue weighted by atomic mass is 9.99. The first-order valence-electron chi connectivity index (χ1n) is 6.35. The molecule has 1 aromatic rings. The highest BCUT2D eigenvalue weighted by Gasteiger charge is 2.32. The number of pyridine rings is 1. The number of carbonyl (C=O) groups excluding carboxylic acids is 1. The summed E-state index contributed by atoms with van der Waals surface area (Å²) in [5, 5.41) is 2.86. The van der Waals surface area contributed by atoms with E-state index in [0.29, 0.717) is 23.7 Å². The van der Waals surface area contributed by atoms with Gasteiger partial charge in [0.2, 0.25) is 5.88 Å². The molecule has 0 spiro atoms. The van der Waals surface area contributed by atoms with Crippen LogP contribution in [0.3, 0.4) is 0 Å². The lowest BCUT2D eigenvalue weighted by molar-refractivity contribution is -0.136.